The molecule has 0 aliphatic heterocycles. The Bertz CT molecular complexity index is 1220. The minimum Gasteiger partial charge on any atom is -0.497 e. The van der Waals surface area contributed by atoms with Crippen molar-refractivity contribution in [2.24, 2.45) is 0 Å². The number of thioether (sulfide) groups is 1. The second-order valence-corrected chi connectivity index (χ2v) is 9.28. The molecule has 8 nitrogen and oxygen atoms in total. The Kier molecular flexibility index (Phi) is 7.58. The maximum absolute atomic E-state index is 12.5. The molecule has 170 valence electrons. The van der Waals surface area contributed by atoms with Crippen LogP contribution >= 0.6 is 34.7 Å². The smallest absolute Gasteiger partial charge is 0.236 e. The topological polar surface area (TPSA) is 94.8 Å². The molecule has 0 atom stereocenters. The average Bonchev–Trinajstić information content (AvgIpc) is 3.46. The van der Waals surface area contributed by atoms with Gasteiger partial charge in [0.1, 0.15) is 16.6 Å². The van der Waals surface area contributed by atoms with Crippen molar-refractivity contribution >= 4 is 45.7 Å². The summed E-state index contributed by atoms with van der Waals surface area (Å²) in [7, 11) is 1.62. The van der Waals surface area contributed by atoms with Gasteiger partial charge in [0.2, 0.25) is 11.0 Å². The van der Waals surface area contributed by atoms with E-state index in [1.54, 1.807) is 7.11 Å². The van der Waals surface area contributed by atoms with Crippen LogP contribution in [0.5, 0.6) is 5.75 Å². The Hall–Kier alpha value is -2.95. The van der Waals surface area contributed by atoms with Gasteiger partial charge < -0.3 is 9.30 Å². The third-order valence-electron chi connectivity index (χ3n) is 4.73. The molecule has 2 aromatic heterocycles. The minimum absolute atomic E-state index is 0.178. The zero-order valence-electron chi connectivity index (χ0n) is 18.0. The van der Waals surface area contributed by atoms with Gasteiger partial charge in [-0.3, -0.25) is 10.1 Å². The molecular formula is C22H21ClN6O2S2. The van der Waals surface area contributed by atoms with Gasteiger partial charge in [0.05, 0.1) is 12.9 Å². The summed E-state index contributed by atoms with van der Waals surface area (Å²) in [6.45, 7) is 2.74. The lowest BCUT2D eigenvalue weighted by Crippen LogP contribution is -2.14. The monoisotopic (exact) mass is 500 g/mol. The molecule has 0 radical (unpaired) electrons. The number of aromatic nitrogens is 5. The fraction of sp³-hybridized carbons (Fsp3) is 0.227. The molecule has 4 rings (SSSR count). The third kappa shape index (κ3) is 5.89. The molecule has 2 aromatic carbocycles. The number of methoxy groups -OCH3 is 1. The van der Waals surface area contributed by atoms with Crippen LogP contribution in [0.3, 0.4) is 0 Å². The first-order valence-electron chi connectivity index (χ1n) is 10.1. The SMILES string of the molecule is CCn1c(Cc2ccc(Cl)cc2)nnc1SCC(=O)Nc1nnc(-c2ccc(OC)cc2)s1. The van der Waals surface area contributed by atoms with Crippen LogP contribution in [0.2, 0.25) is 5.02 Å². The van der Waals surface area contributed by atoms with Crippen molar-refractivity contribution in [2.45, 2.75) is 25.0 Å². The first kappa shape index (κ1) is 23.2. The summed E-state index contributed by atoms with van der Waals surface area (Å²) in [5, 5.41) is 22.2. The van der Waals surface area contributed by atoms with Crippen molar-refractivity contribution in [3.63, 3.8) is 0 Å². The van der Waals surface area contributed by atoms with Crippen molar-refractivity contribution in [1.82, 2.24) is 25.0 Å². The molecule has 2 heterocycles. The van der Waals surface area contributed by atoms with Crippen LogP contribution in [0.4, 0.5) is 5.13 Å². The van der Waals surface area contributed by atoms with Gasteiger partial charge in [0, 0.05) is 23.6 Å². The predicted molar refractivity (Wildman–Crippen MR) is 131 cm³/mol. The van der Waals surface area contributed by atoms with Crippen LogP contribution in [-0.2, 0) is 17.8 Å². The molecule has 0 aliphatic carbocycles. The number of carbonyl (C=O) groups excluding carboxylic acids is 1. The molecule has 11 heteroatoms. The van der Waals surface area contributed by atoms with E-state index in [0.29, 0.717) is 28.3 Å². The molecule has 0 unspecified atom stereocenters. The number of halogens is 1. The number of nitrogens with one attached hydrogen (secondary N) is 1. The Labute approximate surface area is 204 Å². The number of anilines is 1. The Morgan fingerprint density at radius 1 is 1.09 bits per heavy atom. The van der Waals surface area contributed by atoms with E-state index in [1.165, 1.54) is 23.1 Å². The first-order chi connectivity index (χ1) is 16.1. The lowest BCUT2D eigenvalue weighted by atomic mass is 10.1. The van der Waals surface area contributed by atoms with E-state index in [1.807, 2.05) is 60.0 Å². The highest BCUT2D eigenvalue weighted by atomic mass is 35.5. The number of rotatable bonds is 9. The molecule has 1 N–H and O–H groups in total. The molecule has 0 fully saturated rings. The summed E-state index contributed by atoms with van der Waals surface area (Å²) in [6.07, 6.45) is 0.643. The summed E-state index contributed by atoms with van der Waals surface area (Å²) >= 11 is 8.62. The van der Waals surface area contributed by atoms with E-state index in [9.17, 15) is 4.79 Å². The number of hydrogen-bond donors (Lipinski definition) is 1. The number of ether oxygens (including phenoxy) is 1. The zero-order valence-corrected chi connectivity index (χ0v) is 20.4. The molecule has 0 aliphatic rings. The van der Waals surface area contributed by atoms with E-state index in [-0.39, 0.29) is 11.7 Å². The van der Waals surface area contributed by atoms with E-state index in [0.717, 1.165) is 27.7 Å². The molecule has 33 heavy (non-hydrogen) atoms. The average molecular weight is 501 g/mol. The highest BCUT2D eigenvalue weighted by molar-refractivity contribution is 7.99. The normalized spacial score (nSPS) is 10.9. The molecule has 4 aromatic rings. The van der Waals surface area contributed by atoms with E-state index in [2.05, 4.69) is 25.7 Å². The Morgan fingerprint density at radius 3 is 2.55 bits per heavy atom. The molecule has 0 spiro atoms. The molecule has 0 saturated heterocycles. The highest BCUT2D eigenvalue weighted by Crippen LogP contribution is 2.28. The lowest BCUT2D eigenvalue weighted by molar-refractivity contribution is -0.113. The van der Waals surface area contributed by atoms with Crippen LogP contribution in [0, 0.1) is 0 Å². The lowest BCUT2D eigenvalue weighted by Gasteiger charge is -2.07. The van der Waals surface area contributed by atoms with Crippen LogP contribution < -0.4 is 10.1 Å². The number of hydrogen-bond acceptors (Lipinski definition) is 8. The standard InChI is InChI=1S/C22H21ClN6O2S2/c1-3-29-18(12-14-4-8-16(23)9-5-14)25-28-22(29)32-13-19(30)24-21-27-26-20(33-21)15-6-10-17(31-2)11-7-15/h4-11H,3,12-13H2,1-2H3,(H,24,27,30). The summed E-state index contributed by atoms with van der Waals surface area (Å²) in [5.74, 6) is 1.62. The number of nitrogens with zero attached hydrogens (tertiary/aromatic N) is 5. The Morgan fingerprint density at radius 2 is 1.85 bits per heavy atom. The van der Waals surface area contributed by atoms with Crippen LogP contribution in [0.15, 0.2) is 53.7 Å². The van der Waals surface area contributed by atoms with Crippen molar-refractivity contribution in [3.05, 3.63) is 64.9 Å². The van der Waals surface area contributed by atoms with Crippen molar-refractivity contribution < 1.29 is 9.53 Å². The summed E-state index contributed by atoms with van der Waals surface area (Å²) in [6, 6.07) is 15.2. The molecule has 1 amide bonds. The quantitative estimate of drug-likeness (QED) is 0.330. The predicted octanol–water partition coefficient (Wildman–Crippen LogP) is 4.80. The van der Waals surface area contributed by atoms with Gasteiger partial charge in [0.25, 0.3) is 0 Å². The third-order valence-corrected chi connectivity index (χ3v) is 6.83. The van der Waals surface area contributed by atoms with Crippen LogP contribution in [-0.4, -0.2) is 43.7 Å². The van der Waals surface area contributed by atoms with Crippen LogP contribution in [0.25, 0.3) is 10.6 Å². The van der Waals surface area contributed by atoms with Gasteiger partial charge in [-0.25, -0.2) is 0 Å². The van der Waals surface area contributed by atoms with E-state index >= 15 is 0 Å². The Balaban J connectivity index is 1.34. The van der Waals surface area contributed by atoms with E-state index in [4.69, 9.17) is 16.3 Å². The van der Waals surface area contributed by atoms with Crippen molar-refractivity contribution in [1.29, 1.82) is 0 Å². The zero-order chi connectivity index (χ0) is 23.2. The number of amides is 1. The van der Waals surface area contributed by atoms with E-state index < -0.39 is 0 Å². The molecular weight excluding hydrogens is 480 g/mol. The number of carbonyl (C=O) groups is 1. The first-order valence-corrected chi connectivity index (χ1v) is 12.3. The number of benzene rings is 2. The fourth-order valence-corrected chi connectivity index (χ4v) is 4.78. The van der Waals surface area contributed by atoms with Gasteiger partial charge in [-0.2, -0.15) is 0 Å². The van der Waals surface area contributed by atoms with Gasteiger partial charge in [-0.15, -0.1) is 20.4 Å². The summed E-state index contributed by atoms with van der Waals surface area (Å²) in [5.41, 5.74) is 2.01. The second-order valence-electron chi connectivity index (χ2n) is 6.92. The van der Waals surface area contributed by atoms with Crippen LogP contribution in [0.1, 0.15) is 18.3 Å². The van der Waals surface area contributed by atoms with Gasteiger partial charge in [0.15, 0.2) is 5.16 Å². The van der Waals surface area contributed by atoms with Gasteiger partial charge in [-0.05, 0) is 48.9 Å². The molecule has 0 saturated carbocycles. The van der Waals surface area contributed by atoms with Gasteiger partial charge >= 0.3 is 0 Å². The largest absolute Gasteiger partial charge is 0.497 e. The highest BCUT2D eigenvalue weighted by Gasteiger charge is 2.15. The maximum atomic E-state index is 12.5. The van der Waals surface area contributed by atoms with Crippen molar-refractivity contribution in [3.8, 4) is 16.3 Å². The fourth-order valence-electron chi connectivity index (χ4n) is 3.07. The van der Waals surface area contributed by atoms with Gasteiger partial charge in [-0.1, -0.05) is 46.8 Å². The van der Waals surface area contributed by atoms with Crippen molar-refractivity contribution in [2.75, 3.05) is 18.2 Å². The second kappa shape index (κ2) is 10.8. The summed E-state index contributed by atoms with van der Waals surface area (Å²) in [4.78, 5) is 12.5. The molecule has 0 bridgehead atoms. The maximum Gasteiger partial charge on any atom is 0.236 e. The minimum atomic E-state index is -0.178. The summed E-state index contributed by atoms with van der Waals surface area (Å²) < 4.78 is 7.18.